The summed E-state index contributed by atoms with van der Waals surface area (Å²) in [7, 11) is 3.81. The van der Waals surface area contributed by atoms with Gasteiger partial charge in [-0.05, 0) is 18.2 Å². The molecule has 1 amide bonds. The smallest absolute Gasteiger partial charge is 0.236 e. The Morgan fingerprint density at radius 3 is 2.19 bits per heavy atom. The third-order valence-electron chi connectivity index (χ3n) is 4.42. The van der Waals surface area contributed by atoms with Gasteiger partial charge in [-0.3, -0.25) is 14.4 Å². The summed E-state index contributed by atoms with van der Waals surface area (Å²) in [5.41, 5.74) is 3.45. The standard InChI is InChI=1S/C22H26N4O/c1-24(14-19-9-5-3-6-10-19)18-22(27)25(2)15-21-13-23-26(17-21)16-20-11-7-4-8-12-20/h3-13,17H,14-16,18H2,1-2H3. The average Bonchev–Trinajstić information content (AvgIpc) is 3.10. The van der Waals surface area contributed by atoms with Crippen LogP contribution in [0.2, 0.25) is 0 Å². The molecule has 1 aromatic heterocycles. The van der Waals surface area contributed by atoms with Crippen molar-refractivity contribution in [3.8, 4) is 0 Å². The summed E-state index contributed by atoms with van der Waals surface area (Å²) >= 11 is 0. The molecule has 0 aliphatic carbocycles. The van der Waals surface area contributed by atoms with Crippen LogP contribution in [0, 0.1) is 0 Å². The van der Waals surface area contributed by atoms with Gasteiger partial charge in [-0.15, -0.1) is 0 Å². The minimum absolute atomic E-state index is 0.101. The molecule has 0 fully saturated rings. The Bertz CT molecular complexity index is 845. The molecular weight excluding hydrogens is 336 g/mol. The molecule has 3 aromatic rings. The van der Waals surface area contributed by atoms with E-state index >= 15 is 0 Å². The van der Waals surface area contributed by atoms with Gasteiger partial charge < -0.3 is 4.90 Å². The summed E-state index contributed by atoms with van der Waals surface area (Å²) in [5, 5.41) is 4.41. The maximum Gasteiger partial charge on any atom is 0.236 e. The summed E-state index contributed by atoms with van der Waals surface area (Å²) in [6.07, 6.45) is 3.84. The highest BCUT2D eigenvalue weighted by molar-refractivity contribution is 5.77. The number of likely N-dealkylation sites (N-methyl/N-ethyl adjacent to an activating group) is 2. The van der Waals surface area contributed by atoms with E-state index in [0.29, 0.717) is 13.1 Å². The largest absolute Gasteiger partial charge is 0.340 e. The summed E-state index contributed by atoms with van der Waals surface area (Å²) < 4.78 is 1.91. The number of nitrogens with zero attached hydrogens (tertiary/aromatic N) is 4. The Morgan fingerprint density at radius 1 is 0.889 bits per heavy atom. The molecule has 5 nitrogen and oxygen atoms in total. The third-order valence-corrected chi connectivity index (χ3v) is 4.42. The lowest BCUT2D eigenvalue weighted by Crippen LogP contribution is -2.35. The molecule has 27 heavy (non-hydrogen) atoms. The van der Waals surface area contributed by atoms with Crippen molar-refractivity contribution in [1.29, 1.82) is 0 Å². The lowest BCUT2D eigenvalue weighted by Gasteiger charge is -2.21. The van der Waals surface area contributed by atoms with Gasteiger partial charge in [-0.2, -0.15) is 5.10 Å². The fraction of sp³-hybridized carbons (Fsp3) is 0.273. The van der Waals surface area contributed by atoms with Gasteiger partial charge in [0, 0.05) is 31.9 Å². The van der Waals surface area contributed by atoms with Gasteiger partial charge >= 0.3 is 0 Å². The van der Waals surface area contributed by atoms with Crippen molar-refractivity contribution < 1.29 is 4.79 Å². The molecule has 0 saturated carbocycles. The van der Waals surface area contributed by atoms with E-state index in [2.05, 4.69) is 29.4 Å². The Morgan fingerprint density at radius 2 is 1.52 bits per heavy atom. The maximum absolute atomic E-state index is 12.5. The summed E-state index contributed by atoms with van der Waals surface area (Å²) in [6.45, 7) is 2.45. The molecule has 140 valence electrons. The molecule has 0 aliphatic rings. The van der Waals surface area contributed by atoms with Gasteiger partial charge in [0.05, 0.1) is 19.3 Å². The molecule has 1 heterocycles. The van der Waals surface area contributed by atoms with Crippen molar-refractivity contribution in [3.05, 3.63) is 89.7 Å². The summed E-state index contributed by atoms with van der Waals surface area (Å²) in [6, 6.07) is 20.4. The Kier molecular flexibility index (Phi) is 6.39. The van der Waals surface area contributed by atoms with Gasteiger partial charge in [0.1, 0.15) is 0 Å². The highest BCUT2D eigenvalue weighted by Crippen LogP contribution is 2.07. The number of rotatable bonds is 8. The molecule has 0 atom stereocenters. The predicted molar refractivity (Wildman–Crippen MR) is 107 cm³/mol. The molecule has 0 radical (unpaired) electrons. The maximum atomic E-state index is 12.5. The third kappa shape index (κ3) is 5.79. The van der Waals surface area contributed by atoms with Gasteiger partial charge in [0.2, 0.25) is 5.91 Å². The second-order valence-electron chi connectivity index (χ2n) is 6.94. The van der Waals surface area contributed by atoms with Crippen LogP contribution in [0.25, 0.3) is 0 Å². The zero-order valence-corrected chi connectivity index (χ0v) is 16.0. The SMILES string of the molecule is CN(CC(=O)N(C)Cc1cnn(Cc2ccccc2)c1)Cc1ccccc1. The fourth-order valence-corrected chi connectivity index (χ4v) is 3.01. The molecular formula is C22H26N4O. The van der Waals surface area contributed by atoms with E-state index in [-0.39, 0.29) is 5.91 Å². The van der Waals surface area contributed by atoms with Crippen LogP contribution in [0.4, 0.5) is 0 Å². The molecule has 0 aliphatic heterocycles. The molecule has 0 bridgehead atoms. The van der Waals surface area contributed by atoms with E-state index in [1.807, 2.05) is 72.5 Å². The van der Waals surface area contributed by atoms with Crippen molar-refractivity contribution in [3.63, 3.8) is 0 Å². The molecule has 0 spiro atoms. The second kappa shape index (κ2) is 9.14. The molecule has 0 N–H and O–H groups in total. The number of aromatic nitrogens is 2. The highest BCUT2D eigenvalue weighted by atomic mass is 16.2. The van der Waals surface area contributed by atoms with Crippen molar-refractivity contribution in [2.45, 2.75) is 19.6 Å². The minimum Gasteiger partial charge on any atom is -0.340 e. The van der Waals surface area contributed by atoms with Crippen LogP contribution in [-0.2, 0) is 24.4 Å². The average molecular weight is 362 g/mol. The number of benzene rings is 2. The van der Waals surface area contributed by atoms with E-state index in [4.69, 9.17) is 0 Å². The summed E-state index contributed by atoms with van der Waals surface area (Å²) in [5.74, 6) is 0.101. The van der Waals surface area contributed by atoms with Crippen LogP contribution >= 0.6 is 0 Å². The van der Waals surface area contributed by atoms with Crippen LogP contribution in [0.1, 0.15) is 16.7 Å². The van der Waals surface area contributed by atoms with Crippen LogP contribution in [0.3, 0.4) is 0 Å². The lowest BCUT2D eigenvalue weighted by atomic mass is 10.2. The normalized spacial score (nSPS) is 10.9. The predicted octanol–water partition coefficient (Wildman–Crippen LogP) is 3.02. The quantitative estimate of drug-likeness (QED) is 0.619. The minimum atomic E-state index is 0.101. The lowest BCUT2D eigenvalue weighted by molar-refractivity contribution is -0.131. The monoisotopic (exact) mass is 362 g/mol. The van der Waals surface area contributed by atoms with E-state index in [1.54, 1.807) is 4.90 Å². The molecule has 3 rings (SSSR count). The van der Waals surface area contributed by atoms with Gasteiger partial charge in [-0.1, -0.05) is 60.7 Å². The zero-order chi connectivity index (χ0) is 19.1. The van der Waals surface area contributed by atoms with Crippen LogP contribution < -0.4 is 0 Å². The number of carbonyl (C=O) groups excluding carboxylic acids is 1. The highest BCUT2D eigenvalue weighted by Gasteiger charge is 2.13. The van der Waals surface area contributed by atoms with Crippen LogP contribution in [-0.4, -0.2) is 46.1 Å². The van der Waals surface area contributed by atoms with E-state index in [9.17, 15) is 4.79 Å². The van der Waals surface area contributed by atoms with Gasteiger partial charge in [-0.25, -0.2) is 0 Å². The fourth-order valence-electron chi connectivity index (χ4n) is 3.01. The van der Waals surface area contributed by atoms with Crippen molar-refractivity contribution in [2.75, 3.05) is 20.6 Å². The Labute approximate surface area is 160 Å². The van der Waals surface area contributed by atoms with Crippen LogP contribution in [0.5, 0.6) is 0 Å². The topological polar surface area (TPSA) is 41.4 Å². The Hall–Kier alpha value is -2.92. The first-order valence-corrected chi connectivity index (χ1v) is 9.12. The number of amides is 1. The number of carbonyl (C=O) groups is 1. The second-order valence-corrected chi connectivity index (χ2v) is 6.94. The van der Waals surface area contributed by atoms with Crippen LogP contribution in [0.15, 0.2) is 73.1 Å². The van der Waals surface area contributed by atoms with Crippen molar-refractivity contribution >= 4 is 5.91 Å². The molecule has 0 unspecified atom stereocenters. The first kappa shape index (κ1) is 18.9. The molecule has 5 heteroatoms. The number of hydrogen-bond acceptors (Lipinski definition) is 3. The van der Waals surface area contributed by atoms with Gasteiger partial charge in [0.25, 0.3) is 0 Å². The Balaban J connectivity index is 1.49. The molecule has 0 saturated heterocycles. The van der Waals surface area contributed by atoms with Gasteiger partial charge in [0.15, 0.2) is 0 Å². The van der Waals surface area contributed by atoms with E-state index < -0.39 is 0 Å². The zero-order valence-electron chi connectivity index (χ0n) is 16.0. The van der Waals surface area contributed by atoms with Crippen molar-refractivity contribution in [1.82, 2.24) is 19.6 Å². The van der Waals surface area contributed by atoms with E-state index in [1.165, 1.54) is 11.1 Å². The van der Waals surface area contributed by atoms with Crippen molar-refractivity contribution in [2.24, 2.45) is 0 Å². The molecule has 2 aromatic carbocycles. The first-order valence-electron chi connectivity index (χ1n) is 9.12. The summed E-state index contributed by atoms with van der Waals surface area (Å²) in [4.78, 5) is 16.3. The first-order chi connectivity index (χ1) is 13.1. The number of hydrogen-bond donors (Lipinski definition) is 0. The van der Waals surface area contributed by atoms with E-state index in [0.717, 1.165) is 18.7 Å².